The van der Waals surface area contributed by atoms with Gasteiger partial charge in [0.05, 0.1) is 12.1 Å². The number of nitrogens with one attached hydrogen (secondary N) is 1. The maximum Gasteiger partial charge on any atom is 0.307 e. The molecule has 2 aromatic carbocycles. The van der Waals surface area contributed by atoms with Gasteiger partial charge in [-0.15, -0.1) is 0 Å². The van der Waals surface area contributed by atoms with E-state index in [1.165, 1.54) is 5.56 Å². The Labute approximate surface area is 129 Å². The van der Waals surface area contributed by atoms with E-state index in [9.17, 15) is 9.90 Å². The molecule has 0 saturated carbocycles. The number of aromatic nitrogens is 1. The topological polar surface area (TPSA) is 53.1 Å². The van der Waals surface area contributed by atoms with Gasteiger partial charge in [-0.2, -0.15) is 0 Å². The lowest BCUT2D eigenvalue weighted by Gasteiger charge is -2.06. The molecule has 0 unspecified atom stereocenters. The van der Waals surface area contributed by atoms with Crippen LogP contribution in [0.1, 0.15) is 23.6 Å². The minimum atomic E-state index is -0.808. The van der Waals surface area contributed by atoms with Crippen LogP contribution in [0.5, 0.6) is 0 Å². The average molecular weight is 293 g/mol. The lowest BCUT2D eigenvalue weighted by atomic mass is 9.98. The maximum atomic E-state index is 11.3. The first-order valence-corrected chi connectivity index (χ1v) is 7.51. The summed E-state index contributed by atoms with van der Waals surface area (Å²) >= 11 is 0. The highest BCUT2D eigenvalue weighted by atomic mass is 16.4. The molecule has 0 atom stereocenters. The summed E-state index contributed by atoms with van der Waals surface area (Å²) in [6.07, 6.45) is 0.962. The van der Waals surface area contributed by atoms with Gasteiger partial charge < -0.3 is 10.1 Å². The highest BCUT2D eigenvalue weighted by Crippen LogP contribution is 2.33. The molecule has 0 aliphatic heterocycles. The van der Waals surface area contributed by atoms with Gasteiger partial charge in [-0.05, 0) is 42.2 Å². The van der Waals surface area contributed by atoms with Crippen molar-refractivity contribution in [2.75, 3.05) is 0 Å². The number of benzene rings is 2. The molecular weight excluding hydrogens is 274 g/mol. The molecule has 0 fully saturated rings. The van der Waals surface area contributed by atoms with Gasteiger partial charge in [0.2, 0.25) is 0 Å². The fourth-order valence-corrected chi connectivity index (χ4v) is 2.93. The summed E-state index contributed by atoms with van der Waals surface area (Å²) in [4.78, 5) is 14.7. The molecule has 112 valence electrons. The molecule has 0 aliphatic carbocycles. The third kappa shape index (κ3) is 2.50. The number of fused-ring (bicyclic) bond motifs is 1. The number of aryl methyl sites for hydroxylation is 2. The Kier molecular flexibility index (Phi) is 3.72. The molecule has 1 aromatic heterocycles. The Morgan fingerprint density at radius 2 is 1.95 bits per heavy atom. The van der Waals surface area contributed by atoms with Crippen LogP contribution in [-0.2, 0) is 17.6 Å². The predicted molar refractivity (Wildman–Crippen MR) is 89.2 cm³/mol. The number of rotatable bonds is 4. The van der Waals surface area contributed by atoms with Gasteiger partial charge >= 0.3 is 5.97 Å². The summed E-state index contributed by atoms with van der Waals surface area (Å²) in [6.45, 7) is 4.15. The number of aromatic amines is 1. The van der Waals surface area contributed by atoms with Crippen molar-refractivity contribution < 1.29 is 9.90 Å². The fourth-order valence-electron chi connectivity index (χ4n) is 2.93. The highest BCUT2D eigenvalue weighted by Gasteiger charge is 2.17. The van der Waals surface area contributed by atoms with E-state index in [1.54, 1.807) is 0 Å². The van der Waals surface area contributed by atoms with E-state index in [0.717, 1.165) is 39.7 Å². The normalized spacial score (nSPS) is 11.0. The SMILES string of the molecule is CCc1ccc2[nH]c(-c3ccccc3C)c(CC(=O)O)c2c1. The zero-order chi connectivity index (χ0) is 15.7. The van der Waals surface area contributed by atoms with Crippen molar-refractivity contribution in [2.45, 2.75) is 26.7 Å². The average Bonchev–Trinajstić information content (AvgIpc) is 2.85. The molecular formula is C19H19NO2. The smallest absolute Gasteiger partial charge is 0.307 e. The number of carboxylic acids is 1. The lowest BCUT2D eigenvalue weighted by Crippen LogP contribution is -2.01. The third-order valence-electron chi connectivity index (χ3n) is 4.12. The standard InChI is InChI=1S/C19H19NO2/c1-3-13-8-9-17-15(10-13)16(11-18(21)22)19(20-17)14-7-5-4-6-12(14)2/h4-10,20H,3,11H2,1-2H3,(H,21,22). The van der Waals surface area contributed by atoms with Crippen molar-refractivity contribution >= 4 is 16.9 Å². The van der Waals surface area contributed by atoms with E-state index in [4.69, 9.17) is 0 Å². The van der Waals surface area contributed by atoms with E-state index in [2.05, 4.69) is 24.0 Å². The monoisotopic (exact) mass is 293 g/mol. The summed E-state index contributed by atoms with van der Waals surface area (Å²) in [7, 11) is 0. The molecule has 1 heterocycles. The quantitative estimate of drug-likeness (QED) is 0.752. The fraction of sp³-hybridized carbons (Fsp3) is 0.211. The number of hydrogen-bond donors (Lipinski definition) is 2. The van der Waals surface area contributed by atoms with Crippen molar-refractivity contribution in [3.8, 4) is 11.3 Å². The Morgan fingerprint density at radius 3 is 2.64 bits per heavy atom. The molecule has 3 aromatic rings. The summed E-state index contributed by atoms with van der Waals surface area (Å²) < 4.78 is 0. The summed E-state index contributed by atoms with van der Waals surface area (Å²) in [5, 5.41) is 10.3. The van der Waals surface area contributed by atoms with Gasteiger partial charge in [-0.3, -0.25) is 4.79 Å². The van der Waals surface area contributed by atoms with Crippen molar-refractivity contribution in [1.29, 1.82) is 0 Å². The van der Waals surface area contributed by atoms with Crippen LogP contribution in [0.15, 0.2) is 42.5 Å². The number of carboxylic acid groups (broad SMARTS) is 1. The van der Waals surface area contributed by atoms with Crippen LogP contribution in [0.25, 0.3) is 22.2 Å². The molecule has 3 nitrogen and oxygen atoms in total. The van der Waals surface area contributed by atoms with E-state index in [1.807, 2.05) is 37.3 Å². The van der Waals surface area contributed by atoms with Gasteiger partial charge in [0.15, 0.2) is 0 Å². The van der Waals surface area contributed by atoms with E-state index >= 15 is 0 Å². The summed E-state index contributed by atoms with van der Waals surface area (Å²) in [6, 6.07) is 14.3. The third-order valence-corrected chi connectivity index (χ3v) is 4.12. The second kappa shape index (κ2) is 5.68. The number of aliphatic carboxylic acids is 1. The van der Waals surface area contributed by atoms with Gasteiger partial charge in [0.1, 0.15) is 0 Å². The lowest BCUT2D eigenvalue weighted by molar-refractivity contribution is -0.136. The molecule has 0 amide bonds. The molecule has 3 rings (SSSR count). The molecule has 22 heavy (non-hydrogen) atoms. The zero-order valence-electron chi connectivity index (χ0n) is 12.8. The van der Waals surface area contributed by atoms with Crippen molar-refractivity contribution in [3.05, 3.63) is 59.2 Å². The first-order chi connectivity index (χ1) is 10.6. The van der Waals surface area contributed by atoms with E-state index in [-0.39, 0.29) is 6.42 Å². The molecule has 3 heteroatoms. The summed E-state index contributed by atoms with van der Waals surface area (Å²) in [5.41, 5.74) is 6.20. The number of H-pyrrole nitrogens is 1. The van der Waals surface area contributed by atoms with Gasteiger partial charge in [-0.1, -0.05) is 37.3 Å². The first kappa shape index (κ1) is 14.4. The first-order valence-electron chi connectivity index (χ1n) is 7.51. The van der Waals surface area contributed by atoms with Gasteiger partial charge in [-0.25, -0.2) is 0 Å². The zero-order valence-corrected chi connectivity index (χ0v) is 12.8. The summed E-state index contributed by atoms with van der Waals surface area (Å²) in [5.74, 6) is -0.808. The van der Waals surface area contributed by atoms with Crippen LogP contribution < -0.4 is 0 Å². The minimum absolute atomic E-state index is 0.0246. The largest absolute Gasteiger partial charge is 0.481 e. The van der Waals surface area contributed by atoms with Gasteiger partial charge in [0.25, 0.3) is 0 Å². The van der Waals surface area contributed by atoms with Crippen molar-refractivity contribution in [3.63, 3.8) is 0 Å². The Hall–Kier alpha value is -2.55. The van der Waals surface area contributed by atoms with Crippen LogP contribution in [0, 0.1) is 6.92 Å². The molecule has 0 saturated heterocycles. The van der Waals surface area contributed by atoms with E-state index in [0.29, 0.717) is 0 Å². The second-order valence-electron chi connectivity index (χ2n) is 5.60. The molecule has 2 N–H and O–H groups in total. The molecule has 0 spiro atoms. The van der Waals surface area contributed by atoms with Crippen LogP contribution >= 0.6 is 0 Å². The Morgan fingerprint density at radius 1 is 1.18 bits per heavy atom. The second-order valence-corrected chi connectivity index (χ2v) is 5.60. The molecule has 0 aliphatic rings. The predicted octanol–water partition coefficient (Wildman–Crippen LogP) is 4.33. The van der Waals surface area contributed by atoms with Crippen LogP contribution in [0.4, 0.5) is 0 Å². The maximum absolute atomic E-state index is 11.3. The van der Waals surface area contributed by atoms with Crippen molar-refractivity contribution in [1.82, 2.24) is 4.98 Å². The number of hydrogen-bond acceptors (Lipinski definition) is 1. The molecule has 0 bridgehead atoms. The van der Waals surface area contributed by atoms with E-state index < -0.39 is 5.97 Å². The highest BCUT2D eigenvalue weighted by molar-refractivity contribution is 5.94. The minimum Gasteiger partial charge on any atom is -0.481 e. The Balaban J connectivity index is 2.29. The van der Waals surface area contributed by atoms with Gasteiger partial charge in [0, 0.05) is 16.5 Å². The van der Waals surface area contributed by atoms with Crippen LogP contribution in [0.2, 0.25) is 0 Å². The van der Waals surface area contributed by atoms with Crippen LogP contribution in [-0.4, -0.2) is 16.1 Å². The molecule has 0 radical (unpaired) electrons. The van der Waals surface area contributed by atoms with Crippen molar-refractivity contribution in [2.24, 2.45) is 0 Å². The Bertz CT molecular complexity index is 846. The van der Waals surface area contributed by atoms with Crippen LogP contribution in [0.3, 0.4) is 0 Å². The number of carbonyl (C=O) groups is 1.